The fourth-order valence-electron chi connectivity index (χ4n) is 3.30. The number of rotatable bonds is 5. The Balaban J connectivity index is 1.54. The first-order chi connectivity index (χ1) is 15.7. The van der Waals surface area contributed by atoms with Crippen LogP contribution in [0.15, 0.2) is 88.4 Å². The molecular formula is C23H16N4O4S. The molecule has 9 heteroatoms. The summed E-state index contributed by atoms with van der Waals surface area (Å²) < 4.78 is 12.7. The minimum Gasteiger partial charge on any atom is -0.454 e. The van der Waals surface area contributed by atoms with E-state index in [0.29, 0.717) is 16.3 Å². The fourth-order valence-corrected chi connectivity index (χ4v) is 4.16. The van der Waals surface area contributed by atoms with Crippen molar-refractivity contribution in [2.45, 2.75) is 0 Å². The van der Waals surface area contributed by atoms with Crippen molar-refractivity contribution >= 4 is 23.2 Å². The van der Waals surface area contributed by atoms with E-state index in [1.54, 1.807) is 18.3 Å². The van der Waals surface area contributed by atoms with E-state index in [1.165, 1.54) is 23.5 Å². The number of aromatic nitrogens is 1. The molecule has 0 radical (unpaired) electrons. The van der Waals surface area contributed by atoms with Crippen LogP contribution in [0.2, 0.25) is 0 Å². The van der Waals surface area contributed by atoms with Crippen molar-refractivity contribution in [3.63, 3.8) is 0 Å². The van der Waals surface area contributed by atoms with Crippen LogP contribution in [0.3, 0.4) is 0 Å². The lowest BCUT2D eigenvalue weighted by molar-refractivity contribution is -0.384. The summed E-state index contributed by atoms with van der Waals surface area (Å²) in [5.41, 5.74) is 3.52. The van der Waals surface area contributed by atoms with Gasteiger partial charge < -0.3 is 9.47 Å². The number of hydrogen-bond donors (Lipinski definition) is 0. The zero-order chi connectivity index (χ0) is 21.9. The van der Waals surface area contributed by atoms with Crippen LogP contribution in [0.1, 0.15) is 5.56 Å². The van der Waals surface area contributed by atoms with E-state index in [4.69, 9.17) is 9.47 Å². The van der Waals surface area contributed by atoms with Gasteiger partial charge in [0.05, 0.1) is 16.8 Å². The number of fused-ring (bicyclic) bond motifs is 1. The Kier molecular flexibility index (Phi) is 5.22. The van der Waals surface area contributed by atoms with Crippen molar-refractivity contribution in [3.05, 3.63) is 98.7 Å². The third kappa shape index (κ3) is 3.88. The number of benzene rings is 3. The predicted molar refractivity (Wildman–Crippen MR) is 121 cm³/mol. The first-order valence-corrected chi connectivity index (χ1v) is 10.5. The van der Waals surface area contributed by atoms with Gasteiger partial charge in [-0.2, -0.15) is 5.10 Å². The number of thiazole rings is 1. The van der Waals surface area contributed by atoms with Crippen molar-refractivity contribution in [2.24, 2.45) is 10.2 Å². The Morgan fingerprint density at radius 1 is 1.00 bits per heavy atom. The maximum atomic E-state index is 11.0. The molecule has 0 saturated heterocycles. The Hall–Kier alpha value is -4.24. The van der Waals surface area contributed by atoms with E-state index >= 15 is 0 Å². The number of hydrogen-bond acceptors (Lipinski definition) is 7. The highest BCUT2D eigenvalue weighted by Crippen LogP contribution is 2.32. The van der Waals surface area contributed by atoms with E-state index in [0.717, 1.165) is 22.5 Å². The van der Waals surface area contributed by atoms with Crippen LogP contribution in [-0.4, -0.2) is 22.5 Å². The highest BCUT2D eigenvalue weighted by molar-refractivity contribution is 7.07. The average molecular weight is 444 g/mol. The third-order valence-electron chi connectivity index (χ3n) is 4.84. The summed E-state index contributed by atoms with van der Waals surface area (Å²) >= 11 is 1.44. The van der Waals surface area contributed by atoms with Crippen molar-refractivity contribution in [1.29, 1.82) is 0 Å². The SMILES string of the molecule is O=[N+]([O-])c1ccc(-c2cs/c(=N/N=C\c3ccc4c(c3)OCO4)n2-c2ccccc2)cc1. The molecule has 0 atom stereocenters. The molecule has 0 N–H and O–H groups in total. The summed E-state index contributed by atoms with van der Waals surface area (Å²) in [7, 11) is 0. The van der Waals surface area contributed by atoms with Crippen LogP contribution in [0, 0.1) is 10.1 Å². The van der Waals surface area contributed by atoms with Crippen molar-refractivity contribution < 1.29 is 14.4 Å². The normalized spacial score (nSPS) is 13.1. The number of non-ortho nitro benzene ring substituents is 1. The quantitative estimate of drug-likeness (QED) is 0.252. The molecule has 8 nitrogen and oxygen atoms in total. The summed E-state index contributed by atoms with van der Waals surface area (Å²) in [6.07, 6.45) is 1.66. The maximum absolute atomic E-state index is 11.0. The molecule has 32 heavy (non-hydrogen) atoms. The fraction of sp³-hybridized carbons (Fsp3) is 0.0435. The Morgan fingerprint density at radius 2 is 1.78 bits per heavy atom. The molecule has 158 valence electrons. The molecule has 5 rings (SSSR count). The predicted octanol–water partition coefficient (Wildman–Crippen LogP) is 4.78. The molecule has 0 fully saturated rings. The molecule has 4 aromatic rings. The first-order valence-electron chi connectivity index (χ1n) is 9.66. The number of ether oxygens (including phenoxy) is 2. The number of nitrogens with zero attached hydrogens (tertiary/aromatic N) is 4. The van der Waals surface area contributed by atoms with Gasteiger partial charge in [-0.3, -0.25) is 14.7 Å². The van der Waals surface area contributed by atoms with Gasteiger partial charge in [0.2, 0.25) is 11.6 Å². The Morgan fingerprint density at radius 3 is 2.56 bits per heavy atom. The molecule has 1 aromatic heterocycles. The van der Waals surface area contributed by atoms with Crippen molar-refractivity contribution in [1.82, 2.24) is 4.57 Å². The van der Waals surface area contributed by atoms with Crippen molar-refractivity contribution in [2.75, 3.05) is 6.79 Å². The zero-order valence-electron chi connectivity index (χ0n) is 16.6. The van der Waals surface area contributed by atoms with Gasteiger partial charge in [0.1, 0.15) is 0 Å². The summed E-state index contributed by atoms with van der Waals surface area (Å²) in [4.78, 5) is 11.3. The van der Waals surface area contributed by atoms with E-state index in [2.05, 4.69) is 10.2 Å². The van der Waals surface area contributed by atoms with Crippen LogP contribution >= 0.6 is 11.3 Å². The highest BCUT2D eigenvalue weighted by Gasteiger charge is 2.13. The summed E-state index contributed by atoms with van der Waals surface area (Å²) in [6.45, 7) is 0.220. The van der Waals surface area contributed by atoms with Crippen molar-refractivity contribution in [3.8, 4) is 28.4 Å². The van der Waals surface area contributed by atoms with Gasteiger partial charge in [0.25, 0.3) is 5.69 Å². The molecule has 1 aliphatic rings. The molecule has 2 heterocycles. The van der Waals surface area contributed by atoms with Crippen LogP contribution in [0.25, 0.3) is 16.9 Å². The second-order valence-electron chi connectivity index (χ2n) is 6.84. The van der Waals surface area contributed by atoms with Gasteiger partial charge in [-0.15, -0.1) is 16.4 Å². The number of para-hydroxylation sites is 1. The maximum Gasteiger partial charge on any atom is 0.269 e. The van der Waals surface area contributed by atoms with E-state index in [9.17, 15) is 10.1 Å². The zero-order valence-corrected chi connectivity index (χ0v) is 17.4. The molecular weight excluding hydrogens is 428 g/mol. The van der Waals surface area contributed by atoms with Crippen LogP contribution < -0.4 is 14.3 Å². The van der Waals surface area contributed by atoms with Gasteiger partial charge >= 0.3 is 0 Å². The summed E-state index contributed by atoms with van der Waals surface area (Å²) in [5, 5.41) is 21.7. The molecule has 3 aromatic carbocycles. The lowest BCUT2D eigenvalue weighted by Crippen LogP contribution is -2.13. The van der Waals surface area contributed by atoms with E-state index in [-0.39, 0.29) is 12.5 Å². The standard InChI is InChI=1S/C23H16N4O4S/c28-27(29)19-9-7-17(8-10-19)20-14-32-23(26(20)18-4-2-1-3-5-18)25-24-13-16-6-11-21-22(12-16)31-15-30-21/h1-14H,15H2/b24-13-,25-23+. The number of nitro groups is 1. The Labute approximate surface area is 186 Å². The molecule has 0 unspecified atom stereocenters. The second-order valence-corrected chi connectivity index (χ2v) is 7.67. The van der Waals surface area contributed by atoms with Gasteiger partial charge in [-0.25, -0.2) is 0 Å². The van der Waals surface area contributed by atoms with E-state index < -0.39 is 4.92 Å². The van der Waals surface area contributed by atoms with Gasteiger partial charge in [-0.1, -0.05) is 18.2 Å². The van der Waals surface area contributed by atoms with Gasteiger partial charge in [0, 0.05) is 23.2 Å². The van der Waals surface area contributed by atoms with Gasteiger partial charge in [0.15, 0.2) is 11.5 Å². The first kappa shape index (κ1) is 19.7. The lowest BCUT2D eigenvalue weighted by Gasteiger charge is -2.08. The average Bonchev–Trinajstić information content (AvgIpc) is 3.46. The monoisotopic (exact) mass is 444 g/mol. The van der Waals surface area contributed by atoms with E-state index in [1.807, 2.05) is 58.5 Å². The minimum absolute atomic E-state index is 0.0495. The van der Waals surface area contributed by atoms with Crippen LogP contribution in [0.4, 0.5) is 5.69 Å². The minimum atomic E-state index is -0.408. The molecule has 0 spiro atoms. The molecule has 1 aliphatic heterocycles. The van der Waals surface area contributed by atoms with Crippen LogP contribution in [0.5, 0.6) is 11.5 Å². The summed E-state index contributed by atoms with van der Waals surface area (Å²) in [6, 6.07) is 21.8. The molecule has 0 amide bonds. The Bertz CT molecular complexity index is 1380. The lowest BCUT2D eigenvalue weighted by atomic mass is 10.1. The topological polar surface area (TPSA) is 91.2 Å². The molecule has 0 bridgehead atoms. The number of nitro benzene ring substituents is 1. The molecule has 0 saturated carbocycles. The highest BCUT2D eigenvalue weighted by atomic mass is 32.1. The summed E-state index contributed by atoms with van der Waals surface area (Å²) in [5.74, 6) is 1.40. The van der Waals surface area contributed by atoms with Gasteiger partial charge in [-0.05, 0) is 53.6 Å². The molecule has 0 aliphatic carbocycles. The third-order valence-corrected chi connectivity index (χ3v) is 5.66. The van der Waals surface area contributed by atoms with Crippen LogP contribution in [-0.2, 0) is 0 Å². The smallest absolute Gasteiger partial charge is 0.269 e. The largest absolute Gasteiger partial charge is 0.454 e. The second kappa shape index (κ2) is 8.48.